The zero-order valence-electron chi connectivity index (χ0n) is 23.4. The molecular weight excluding hydrogens is 553 g/mol. The van der Waals surface area contributed by atoms with Crippen LogP contribution in [0.15, 0.2) is 85.3 Å². The van der Waals surface area contributed by atoms with E-state index in [1.165, 1.54) is 16.9 Å². The molecule has 1 aliphatic carbocycles. The second-order valence-electron chi connectivity index (χ2n) is 10.1. The van der Waals surface area contributed by atoms with Crippen molar-refractivity contribution in [1.82, 2.24) is 24.9 Å². The van der Waals surface area contributed by atoms with Crippen molar-refractivity contribution in [3.8, 4) is 11.5 Å². The zero-order valence-corrected chi connectivity index (χ0v) is 23.4. The van der Waals surface area contributed by atoms with Gasteiger partial charge in [-0.1, -0.05) is 18.2 Å². The number of carbonyl (C=O) groups excluding carboxylic acids is 2. The fourth-order valence-electron chi connectivity index (χ4n) is 4.53. The molecule has 6 rings (SSSR count). The van der Waals surface area contributed by atoms with E-state index in [0.29, 0.717) is 47.1 Å². The molecule has 0 spiro atoms. The molecule has 218 valence electrons. The Morgan fingerprint density at radius 2 is 1.88 bits per heavy atom. The van der Waals surface area contributed by atoms with E-state index in [0.717, 1.165) is 11.3 Å². The van der Waals surface area contributed by atoms with Crippen LogP contribution in [0.25, 0.3) is 5.65 Å². The summed E-state index contributed by atoms with van der Waals surface area (Å²) in [5.74, 6) is 0.488. The van der Waals surface area contributed by atoms with Gasteiger partial charge in [0.1, 0.15) is 17.7 Å². The lowest BCUT2D eigenvalue weighted by Crippen LogP contribution is -2.28. The fourth-order valence-corrected chi connectivity index (χ4v) is 4.53. The number of pyridine rings is 1. The minimum Gasteiger partial charge on any atom is -0.497 e. The molecule has 1 fully saturated rings. The number of methoxy groups -OCH3 is 1. The average molecular weight is 582 g/mol. The summed E-state index contributed by atoms with van der Waals surface area (Å²) in [5.41, 5.74) is 3.28. The number of nitrogens with one attached hydrogen (secondary N) is 2. The minimum atomic E-state index is -1.04. The first-order valence-corrected chi connectivity index (χ1v) is 13.5. The number of benzene rings is 2. The van der Waals surface area contributed by atoms with E-state index in [2.05, 4.69) is 25.7 Å². The van der Waals surface area contributed by atoms with Crippen molar-refractivity contribution in [2.24, 2.45) is 0 Å². The summed E-state index contributed by atoms with van der Waals surface area (Å²) in [7, 11) is 3.53. The van der Waals surface area contributed by atoms with Gasteiger partial charge in [-0.2, -0.15) is 0 Å². The van der Waals surface area contributed by atoms with Crippen LogP contribution in [0.3, 0.4) is 0 Å². The van der Waals surface area contributed by atoms with Gasteiger partial charge in [0, 0.05) is 50.2 Å². The Morgan fingerprint density at radius 1 is 1.07 bits per heavy atom. The molecule has 0 radical (unpaired) electrons. The molecule has 12 heteroatoms. The van der Waals surface area contributed by atoms with E-state index < -0.39 is 24.1 Å². The maximum atomic E-state index is 13.5. The summed E-state index contributed by atoms with van der Waals surface area (Å²) in [5, 5.41) is 10.6. The molecular formula is C31H28FN7O4. The molecule has 0 unspecified atom stereocenters. The third-order valence-corrected chi connectivity index (χ3v) is 6.91. The van der Waals surface area contributed by atoms with Crippen molar-refractivity contribution < 1.29 is 23.5 Å². The Morgan fingerprint density at radius 3 is 2.60 bits per heavy atom. The molecule has 2 aromatic carbocycles. The van der Waals surface area contributed by atoms with Gasteiger partial charge in [0.05, 0.1) is 30.6 Å². The van der Waals surface area contributed by atoms with Gasteiger partial charge in [0.2, 0.25) is 0 Å². The lowest BCUT2D eigenvalue weighted by molar-refractivity contribution is 0.0734. The number of imidazole rings is 1. The smallest absolute Gasteiger partial charge is 0.345 e. The quantitative estimate of drug-likeness (QED) is 0.180. The molecule has 0 saturated heterocycles. The van der Waals surface area contributed by atoms with Gasteiger partial charge in [0.25, 0.3) is 5.91 Å². The number of aromatic nitrogens is 4. The van der Waals surface area contributed by atoms with Crippen LogP contribution in [-0.2, 0) is 6.54 Å². The molecule has 2 atom stereocenters. The summed E-state index contributed by atoms with van der Waals surface area (Å²) < 4.78 is 25.8. The van der Waals surface area contributed by atoms with E-state index in [1.807, 2.05) is 42.3 Å². The normalized spacial score (nSPS) is 15.5. The first-order valence-electron chi connectivity index (χ1n) is 13.5. The van der Waals surface area contributed by atoms with Crippen LogP contribution >= 0.6 is 0 Å². The Hall–Kier alpha value is -5.52. The number of esters is 1. The van der Waals surface area contributed by atoms with E-state index in [9.17, 15) is 14.0 Å². The second kappa shape index (κ2) is 11.8. The lowest BCUT2D eigenvalue weighted by Gasteiger charge is -2.21. The van der Waals surface area contributed by atoms with Gasteiger partial charge in [-0.3, -0.25) is 9.78 Å². The Balaban J connectivity index is 1.30. The third-order valence-electron chi connectivity index (χ3n) is 6.91. The van der Waals surface area contributed by atoms with Gasteiger partial charge in [-0.15, -0.1) is 5.10 Å². The molecule has 11 nitrogen and oxygen atoms in total. The Kier molecular flexibility index (Phi) is 7.56. The highest BCUT2D eigenvalue weighted by Crippen LogP contribution is 2.29. The van der Waals surface area contributed by atoms with Crippen molar-refractivity contribution in [1.29, 1.82) is 0 Å². The van der Waals surface area contributed by atoms with Crippen molar-refractivity contribution >= 4 is 34.7 Å². The van der Waals surface area contributed by atoms with Crippen molar-refractivity contribution in [2.75, 3.05) is 24.4 Å². The molecule has 3 heterocycles. The Bertz CT molecular complexity index is 1780. The van der Waals surface area contributed by atoms with Crippen LogP contribution < -0.4 is 25.0 Å². The van der Waals surface area contributed by atoms with Crippen LogP contribution in [0.2, 0.25) is 0 Å². The number of ether oxygens (including phenoxy) is 2. The summed E-state index contributed by atoms with van der Waals surface area (Å²) in [4.78, 5) is 36.0. The Labute approximate surface area is 246 Å². The van der Waals surface area contributed by atoms with Crippen molar-refractivity contribution in [3.05, 3.63) is 102 Å². The standard InChI is InChI=1S/C31H28FN7O4/c1-38(18-19-8-10-22(42-2)11-9-19)26-15-28(37-39-27(17-34-29(26)39)30(40)36-25-14-24(25)32)35-21-6-3-7-23(13-21)43-31(41)20-5-4-12-33-16-20/h3-13,15-17,24-25H,14,18H2,1-2H3,(H,35,37)(H,36,40)/t24-,25+/m0/s1. The number of fused-ring (bicyclic) bond motifs is 1. The van der Waals surface area contributed by atoms with Gasteiger partial charge >= 0.3 is 5.97 Å². The average Bonchev–Trinajstić information content (AvgIpc) is 3.53. The van der Waals surface area contributed by atoms with E-state index in [4.69, 9.17) is 9.47 Å². The summed E-state index contributed by atoms with van der Waals surface area (Å²) in [6, 6.07) is 19.2. The third kappa shape index (κ3) is 6.22. The topological polar surface area (TPSA) is 123 Å². The van der Waals surface area contributed by atoms with Gasteiger partial charge in [0.15, 0.2) is 17.2 Å². The van der Waals surface area contributed by atoms with Crippen LogP contribution in [0, 0.1) is 0 Å². The van der Waals surface area contributed by atoms with E-state index in [1.54, 1.807) is 49.7 Å². The molecule has 1 amide bonds. The molecule has 2 N–H and O–H groups in total. The number of carbonyl (C=O) groups is 2. The molecule has 3 aromatic heterocycles. The first-order chi connectivity index (χ1) is 20.9. The van der Waals surface area contributed by atoms with Crippen molar-refractivity contribution in [3.63, 3.8) is 0 Å². The summed E-state index contributed by atoms with van der Waals surface area (Å²) >= 11 is 0. The largest absolute Gasteiger partial charge is 0.497 e. The molecule has 43 heavy (non-hydrogen) atoms. The number of anilines is 3. The highest BCUT2D eigenvalue weighted by atomic mass is 19.1. The van der Waals surface area contributed by atoms with E-state index >= 15 is 0 Å². The lowest BCUT2D eigenvalue weighted by atomic mass is 10.2. The summed E-state index contributed by atoms with van der Waals surface area (Å²) in [6.45, 7) is 0.531. The predicted molar refractivity (Wildman–Crippen MR) is 158 cm³/mol. The second-order valence-corrected chi connectivity index (χ2v) is 10.1. The van der Waals surface area contributed by atoms with Crippen molar-refractivity contribution in [2.45, 2.75) is 25.2 Å². The number of nitrogens with zero attached hydrogens (tertiary/aromatic N) is 5. The van der Waals surface area contributed by atoms with Crippen LogP contribution in [0.5, 0.6) is 11.5 Å². The first kappa shape index (κ1) is 27.6. The van der Waals surface area contributed by atoms with Crippen LogP contribution in [0.4, 0.5) is 21.6 Å². The predicted octanol–water partition coefficient (Wildman–Crippen LogP) is 4.57. The van der Waals surface area contributed by atoms with Crippen LogP contribution in [0.1, 0.15) is 32.8 Å². The molecule has 1 aliphatic rings. The van der Waals surface area contributed by atoms with Crippen LogP contribution in [-0.4, -0.2) is 57.8 Å². The van der Waals surface area contributed by atoms with Gasteiger partial charge in [-0.05, 0) is 42.0 Å². The molecule has 0 bridgehead atoms. The molecule has 1 saturated carbocycles. The minimum absolute atomic E-state index is 0.177. The highest BCUT2D eigenvalue weighted by molar-refractivity contribution is 5.94. The maximum Gasteiger partial charge on any atom is 0.345 e. The summed E-state index contributed by atoms with van der Waals surface area (Å²) in [6.07, 6.45) is 3.69. The van der Waals surface area contributed by atoms with E-state index in [-0.39, 0.29) is 5.69 Å². The number of hydrogen-bond donors (Lipinski definition) is 2. The zero-order chi connectivity index (χ0) is 29.9. The SMILES string of the molecule is COc1ccc(CN(C)c2cc(Nc3cccc(OC(=O)c4cccnc4)c3)nn3c(C(=O)N[C@@H]4C[C@@H]4F)cnc23)cc1. The number of amides is 1. The molecule has 0 aliphatic heterocycles. The number of alkyl halides is 1. The molecule has 5 aromatic rings. The van der Waals surface area contributed by atoms with Gasteiger partial charge in [-0.25, -0.2) is 18.7 Å². The van der Waals surface area contributed by atoms with Gasteiger partial charge < -0.3 is 25.0 Å². The fraction of sp³-hybridized carbons (Fsp3) is 0.194. The number of rotatable bonds is 10. The maximum absolute atomic E-state index is 13.5. The number of halogens is 1. The number of hydrogen-bond acceptors (Lipinski definition) is 9. The monoisotopic (exact) mass is 581 g/mol. The highest BCUT2D eigenvalue weighted by Gasteiger charge is 2.39.